The minimum absolute atomic E-state index is 0.0521. The van der Waals surface area contributed by atoms with E-state index in [1.807, 2.05) is 12.2 Å². The number of nitrogens with one attached hydrogen (secondary N) is 1. The van der Waals surface area contributed by atoms with Gasteiger partial charge in [0.05, 0.1) is 5.56 Å². The van der Waals surface area contributed by atoms with Crippen LogP contribution in [0.25, 0.3) is 0 Å². The molecule has 1 aliphatic rings. The molecule has 16 heavy (non-hydrogen) atoms. The molecule has 2 N–H and O–H groups in total. The molecule has 0 saturated heterocycles. The SMILES string of the molecule is O=C(O)c1ccsc1NC(=O)C1CC=CC1. The zero-order valence-electron chi connectivity index (χ0n) is 8.47. The lowest BCUT2D eigenvalue weighted by atomic mass is 10.1. The highest BCUT2D eigenvalue weighted by Crippen LogP contribution is 2.26. The number of anilines is 1. The zero-order chi connectivity index (χ0) is 11.5. The second kappa shape index (κ2) is 4.49. The molecule has 1 amide bonds. The molecule has 84 valence electrons. The fourth-order valence-electron chi connectivity index (χ4n) is 1.62. The Kier molecular flexibility index (Phi) is 3.05. The summed E-state index contributed by atoms with van der Waals surface area (Å²) in [5, 5.41) is 13.6. The van der Waals surface area contributed by atoms with Crippen molar-refractivity contribution in [1.82, 2.24) is 0 Å². The van der Waals surface area contributed by atoms with Gasteiger partial charge < -0.3 is 10.4 Å². The third-order valence-electron chi connectivity index (χ3n) is 2.51. The molecule has 0 saturated carbocycles. The van der Waals surface area contributed by atoms with E-state index < -0.39 is 5.97 Å². The van der Waals surface area contributed by atoms with Crippen molar-refractivity contribution in [1.29, 1.82) is 0 Å². The predicted octanol–water partition coefficient (Wildman–Crippen LogP) is 2.35. The molecule has 1 aromatic heterocycles. The monoisotopic (exact) mass is 237 g/mol. The highest BCUT2D eigenvalue weighted by atomic mass is 32.1. The normalized spacial score (nSPS) is 15.2. The Morgan fingerprint density at radius 2 is 2.06 bits per heavy atom. The molecule has 0 aromatic carbocycles. The van der Waals surface area contributed by atoms with Crippen LogP contribution in [0.5, 0.6) is 0 Å². The second-order valence-corrected chi connectivity index (χ2v) is 4.51. The first kappa shape index (κ1) is 10.9. The molecule has 5 heteroatoms. The molecule has 2 rings (SSSR count). The number of allylic oxidation sites excluding steroid dienone is 2. The van der Waals surface area contributed by atoms with E-state index in [0.29, 0.717) is 5.00 Å². The number of thiophene rings is 1. The highest BCUT2D eigenvalue weighted by molar-refractivity contribution is 7.14. The van der Waals surface area contributed by atoms with Gasteiger partial charge in [-0.1, -0.05) is 12.2 Å². The van der Waals surface area contributed by atoms with Crippen molar-refractivity contribution >= 4 is 28.2 Å². The predicted molar refractivity (Wildman–Crippen MR) is 61.8 cm³/mol. The topological polar surface area (TPSA) is 66.4 Å². The van der Waals surface area contributed by atoms with E-state index in [2.05, 4.69) is 5.32 Å². The van der Waals surface area contributed by atoms with Crippen LogP contribution in [-0.2, 0) is 4.79 Å². The molecule has 1 aromatic rings. The lowest BCUT2D eigenvalue weighted by molar-refractivity contribution is -0.119. The van der Waals surface area contributed by atoms with E-state index in [0.717, 1.165) is 12.8 Å². The average Bonchev–Trinajstić information content (AvgIpc) is 2.86. The quantitative estimate of drug-likeness (QED) is 0.793. The summed E-state index contributed by atoms with van der Waals surface area (Å²) in [6.45, 7) is 0. The molecule has 0 atom stereocenters. The Labute approximate surface area is 96.6 Å². The first-order valence-corrected chi connectivity index (χ1v) is 5.83. The Bertz CT molecular complexity index is 442. The minimum Gasteiger partial charge on any atom is -0.478 e. The second-order valence-electron chi connectivity index (χ2n) is 3.60. The maximum Gasteiger partial charge on any atom is 0.338 e. The molecule has 0 bridgehead atoms. The van der Waals surface area contributed by atoms with Gasteiger partial charge in [0.1, 0.15) is 5.00 Å². The number of carbonyl (C=O) groups excluding carboxylic acids is 1. The van der Waals surface area contributed by atoms with E-state index in [1.165, 1.54) is 17.4 Å². The van der Waals surface area contributed by atoms with Crippen LogP contribution in [-0.4, -0.2) is 17.0 Å². The molecule has 1 heterocycles. The summed E-state index contributed by atoms with van der Waals surface area (Å²) in [7, 11) is 0. The number of hydrogen-bond donors (Lipinski definition) is 2. The Morgan fingerprint density at radius 3 is 2.69 bits per heavy atom. The van der Waals surface area contributed by atoms with Crippen LogP contribution in [0.1, 0.15) is 23.2 Å². The summed E-state index contributed by atoms with van der Waals surface area (Å²) in [5.41, 5.74) is 0.157. The lowest BCUT2D eigenvalue weighted by Gasteiger charge is -2.09. The summed E-state index contributed by atoms with van der Waals surface area (Å²) in [6, 6.07) is 1.50. The number of carboxylic acid groups (broad SMARTS) is 1. The van der Waals surface area contributed by atoms with Gasteiger partial charge in [-0.05, 0) is 24.3 Å². The highest BCUT2D eigenvalue weighted by Gasteiger charge is 2.21. The van der Waals surface area contributed by atoms with Crippen LogP contribution >= 0.6 is 11.3 Å². The van der Waals surface area contributed by atoms with Gasteiger partial charge in [0, 0.05) is 5.92 Å². The van der Waals surface area contributed by atoms with E-state index in [1.54, 1.807) is 5.38 Å². The summed E-state index contributed by atoms with van der Waals surface area (Å²) < 4.78 is 0. The van der Waals surface area contributed by atoms with Crippen LogP contribution < -0.4 is 5.32 Å². The van der Waals surface area contributed by atoms with Crippen molar-refractivity contribution in [3.8, 4) is 0 Å². The van der Waals surface area contributed by atoms with Crippen molar-refractivity contribution in [2.45, 2.75) is 12.8 Å². The summed E-state index contributed by atoms with van der Waals surface area (Å²) in [5.74, 6) is -1.17. The van der Waals surface area contributed by atoms with E-state index in [4.69, 9.17) is 5.11 Å². The largest absolute Gasteiger partial charge is 0.478 e. The maximum atomic E-state index is 11.8. The number of hydrogen-bond acceptors (Lipinski definition) is 3. The fraction of sp³-hybridized carbons (Fsp3) is 0.273. The molecular weight excluding hydrogens is 226 g/mol. The third kappa shape index (κ3) is 2.14. The van der Waals surface area contributed by atoms with Gasteiger partial charge in [0.2, 0.25) is 5.91 Å². The van der Waals surface area contributed by atoms with Gasteiger partial charge in [-0.2, -0.15) is 0 Å². The van der Waals surface area contributed by atoms with Gasteiger partial charge in [-0.25, -0.2) is 4.79 Å². The van der Waals surface area contributed by atoms with Crippen molar-refractivity contribution in [2.24, 2.45) is 5.92 Å². The zero-order valence-corrected chi connectivity index (χ0v) is 9.29. The molecule has 0 aliphatic heterocycles. The molecule has 0 radical (unpaired) electrons. The van der Waals surface area contributed by atoms with Gasteiger partial charge in [-0.15, -0.1) is 11.3 Å². The number of rotatable bonds is 3. The third-order valence-corrected chi connectivity index (χ3v) is 3.34. The van der Waals surface area contributed by atoms with Gasteiger partial charge in [0.15, 0.2) is 0 Å². The molecule has 1 aliphatic carbocycles. The standard InChI is InChI=1S/C11H11NO3S/c13-9(7-3-1-2-4-7)12-10-8(11(14)15)5-6-16-10/h1-2,5-7H,3-4H2,(H,12,13)(H,14,15). The van der Waals surface area contributed by atoms with E-state index >= 15 is 0 Å². The lowest BCUT2D eigenvalue weighted by Crippen LogP contribution is -2.21. The summed E-state index contributed by atoms with van der Waals surface area (Å²) >= 11 is 1.23. The Hall–Kier alpha value is -1.62. The van der Waals surface area contributed by atoms with Crippen LogP contribution in [0.3, 0.4) is 0 Å². The van der Waals surface area contributed by atoms with Gasteiger partial charge >= 0.3 is 5.97 Å². The fourth-order valence-corrected chi connectivity index (χ4v) is 2.40. The van der Waals surface area contributed by atoms with E-state index in [-0.39, 0.29) is 17.4 Å². The van der Waals surface area contributed by atoms with Crippen LogP contribution in [0.15, 0.2) is 23.6 Å². The average molecular weight is 237 g/mol. The number of carboxylic acids is 1. The van der Waals surface area contributed by atoms with Crippen LogP contribution in [0, 0.1) is 5.92 Å². The van der Waals surface area contributed by atoms with Crippen LogP contribution in [0.2, 0.25) is 0 Å². The summed E-state index contributed by atoms with van der Waals surface area (Å²) in [4.78, 5) is 22.6. The number of amides is 1. The first-order valence-electron chi connectivity index (χ1n) is 4.95. The number of aromatic carboxylic acids is 1. The molecule has 0 spiro atoms. The van der Waals surface area contributed by atoms with Gasteiger partial charge in [-0.3, -0.25) is 4.79 Å². The first-order chi connectivity index (χ1) is 7.68. The van der Waals surface area contributed by atoms with E-state index in [9.17, 15) is 9.59 Å². The van der Waals surface area contributed by atoms with Gasteiger partial charge in [0.25, 0.3) is 0 Å². The molecule has 0 unspecified atom stereocenters. The molecule has 4 nitrogen and oxygen atoms in total. The maximum absolute atomic E-state index is 11.8. The Balaban J connectivity index is 2.06. The number of carbonyl (C=O) groups is 2. The van der Waals surface area contributed by atoms with Crippen molar-refractivity contribution < 1.29 is 14.7 Å². The van der Waals surface area contributed by atoms with Crippen molar-refractivity contribution in [3.05, 3.63) is 29.2 Å². The molecular formula is C11H11NO3S. The Morgan fingerprint density at radius 1 is 1.38 bits per heavy atom. The molecule has 0 fully saturated rings. The van der Waals surface area contributed by atoms with Crippen molar-refractivity contribution in [2.75, 3.05) is 5.32 Å². The smallest absolute Gasteiger partial charge is 0.338 e. The minimum atomic E-state index is -1.01. The van der Waals surface area contributed by atoms with Crippen LogP contribution in [0.4, 0.5) is 5.00 Å². The van der Waals surface area contributed by atoms with Crippen molar-refractivity contribution in [3.63, 3.8) is 0 Å². The summed E-state index contributed by atoms with van der Waals surface area (Å²) in [6.07, 6.45) is 5.41.